The summed E-state index contributed by atoms with van der Waals surface area (Å²) >= 11 is 1.83. The molecule has 0 spiro atoms. The van der Waals surface area contributed by atoms with E-state index >= 15 is 0 Å². The van der Waals surface area contributed by atoms with Gasteiger partial charge < -0.3 is 10.5 Å². The van der Waals surface area contributed by atoms with E-state index in [2.05, 4.69) is 6.92 Å². The number of ketones is 1. The number of carbonyl (C=O) groups is 1. The van der Waals surface area contributed by atoms with Gasteiger partial charge in [0.2, 0.25) is 0 Å². The van der Waals surface area contributed by atoms with Crippen LogP contribution in [0.15, 0.2) is 24.3 Å². The van der Waals surface area contributed by atoms with Gasteiger partial charge in [0.25, 0.3) is 0 Å². The van der Waals surface area contributed by atoms with E-state index in [4.69, 9.17) is 10.5 Å². The molecule has 0 heterocycles. The van der Waals surface area contributed by atoms with Crippen LogP contribution in [-0.4, -0.2) is 30.4 Å². The Labute approximate surface area is 113 Å². The molecule has 1 atom stereocenters. The highest BCUT2D eigenvalue weighted by atomic mass is 32.2. The Balaban J connectivity index is 2.33. The minimum atomic E-state index is 0.0370. The molecule has 0 aromatic heterocycles. The van der Waals surface area contributed by atoms with Crippen LogP contribution in [-0.2, 0) is 0 Å². The molecule has 0 bridgehead atoms. The van der Waals surface area contributed by atoms with Crippen LogP contribution in [0.2, 0.25) is 0 Å². The van der Waals surface area contributed by atoms with E-state index < -0.39 is 0 Å². The lowest BCUT2D eigenvalue weighted by Crippen LogP contribution is -2.14. The van der Waals surface area contributed by atoms with Crippen molar-refractivity contribution in [3.05, 3.63) is 29.8 Å². The summed E-state index contributed by atoms with van der Waals surface area (Å²) in [7, 11) is 0. The van der Waals surface area contributed by atoms with Crippen LogP contribution in [0, 0.1) is 5.92 Å². The number of benzene rings is 1. The molecule has 0 aliphatic carbocycles. The van der Waals surface area contributed by atoms with Crippen molar-refractivity contribution in [2.24, 2.45) is 11.7 Å². The minimum absolute atomic E-state index is 0.0370. The predicted octanol–water partition coefficient (Wildman–Crippen LogP) is 2.60. The highest BCUT2D eigenvalue weighted by Gasteiger charge is 2.07. The van der Waals surface area contributed by atoms with Crippen molar-refractivity contribution < 1.29 is 9.53 Å². The zero-order chi connectivity index (χ0) is 13.4. The summed E-state index contributed by atoms with van der Waals surface area (Å²) in [5.74, 6) is 3.22. The molecule has 0 fully saturated rings. The van der Waals surface area contributed by atoms with Crippen LogP contribution >= 0.6 is 11.8 Å². The van der Waals surface area contributed by atoms with Crippen molar-refractivity contribution in [3.63, 3.8) is 0 Å². The van der Waals surface area contributed by atoms with Gasteiger partial charge in [-0.1, -0.05) is 19.1 Å². The molecule has 0 saturated heterocycles. The average molecular weight is 267 g/mol. The van der Waals surface area contributed by atoms with E-state index in [1.54, 1.807) is 13.0 Å². The van der Waals surface area contributed by atoms with E-state index in [1.807, 2.05) is 30.0 Å². The predicted molar refractivity (Wildman–Crippen MR) is 77.5 cm³/mol. The lowest BCUT2D eigenvalue weighted by molar-refractivity contribution is 0.101. The molecule has 1 unspecified atom stereocenters. The third kappa shape index (κ3) is 5.10. The molecule has 100 valence electrons. The molecule has 18 heavy (non-hydrogen) atoms. The Morgan fingerprint density at radius 1 is 1.44 bits per heavy atom. The largest absolute Gasteiger partial charge is 0.492 e. The van der Waals surface area contributed by atoms with Crippen molar-refractivity contribution in [1.82, 2.24) is 0 Å². The third-order valence-electron chi connectivity index (χ3n) is 2.56. The van der Waals surface area contributed by atoms with Crippen molar-refractivity contribution >= 4 is 17.5 Å². The Hall–Kier alpha value is -1.00. The van der Waals surface area contributed by atoms with Crippen molar-refractivity contribution in [2.75, 3.05) is 24.7 Å². The second-order valence-corrected chi connectivity index (χ2v) is 5.47. The number of nitrogens with two attached hydrogens (primary N) is 1. The summed E-state index contributed by atoms with van der Waals surface area (Å²) in [4.78, 5) is 11.4. The second-order valence-electron chi connectivity index (χ2n) is 4.32. The molecular formula is C14H21NO2S. The van der Waals surface area contributed by atoms with E-state index in [1.165, 1.54) is 0 Å². The SMILES string of the molecule is CC(=O)c1ccccc1OCCSCC(C)CN. The maximum absolute atomic E-state index is 11.4. The molecule has 1 aromatic carbocycles. The first-order valence-corrected chi connectivity index (χ1v) is 7.31. The Morgan fingerprint density at radius 2 is 2.17 bits per heavy atom. The number of hydrogen-bond acceptors (Lipinski definition) is 4. The van der Waals surface area contributed by atoms with Gasteiger partial charge in [-0.3, -0.25) is 4.79 Å². The lowest BCUT2D eigenvalue weighted by Gasteiger charge is -2.10. The molecule has 4 heteroatoms. The van der Waals surface area contributed by atoms with E-state index in [-0.39, 0.29) is 5.78 Å². The summed E-state index contributed by atoms with van der Waals surface area (Å²) in [6, 6.07) is 7.36. The Morgan fingerprint density at radius 3 is 2.83 bits per heavy atom. The fraction of sp³-hybridized carbons (Fsp3) is 0.500. The molecule has 0 aliphatic rings. The van der Waals surface area contributed by atoms with Gasteiger partial charge in [-0.25, -0.2) is 0 Å². The Bertz CT molecular complexity index is 382. The van der Waals surface area contributed by atoms with Gasteiger partial charge in [-0.15, -0.1) is 0 Å². The van der Waals surface area contributed by atoms with Gasteiger partial charge in [0.05, 0.1) is 12.2 Å². The topological polar surface area (TPSA) is 52.3 Å². The Kier molecular flexibility index (Phi) is 6.83. The molecule has 0 amide bonds. The number of thioether (sulfide) groups is 1. The van der Waals surface area contributed by atoms with Gasteiger partial charge in [-0.2, -0.15) is 11.8 Å². The number of rotatable bonds is 8. The standard InChI is InChI=1S/C14H21NO2S/c1-11(9-15)10-18-8-7-17-14-6-4-3-5-13(14)12(2)16/h3-6,11H,7-10,15H2,1-2H3. The average Bonchev–Trinajstić information content (AvgIpc) is 2.38. The van der Waals surface area contributed by atoms with Gasteiger partial charge in [0.15, 0.2) is 5.78 Å². The first-order chi connectivity index (χ1) is 8.65. The fourth-order valence-electron chi connectivity index (χ4n) is 1.45. The number of Topliss-reactive ketones (excluding diaryl/α,β-unsaturated/α-hetero) is 1. The molecule has 0 radical (unpaired) electrons. The fourth-order valence-corrected chi connectivity index (χ4v) is 2.35. The number of hydrogen-bond donors (Lipinski definition) is 1. The summed E-state index contributed by atoms with van der Waals surface area (Å²) in [6.07, 6.45) is 0. The van der Waals surface area contributed by atoms with Gasteiger partial charge >= 0.3 is 0 Å². The molecular weight excluding hydrogens is 246 g/mol. The minimum Gasteiger partial charge on any atom is -0.492 e. The monoisotopic (exact) mass is 267 g/mol. The molecule has 1 rings (SSSR count). The first-order valence-electron chi connectivity index (χ1n) is 6.15. The maximum atomic E-state index is 11.4. The van der Waals surface area contributed by atoms with Crippen LogP contribution in [0.1, 0.15) is 24.2 Å². The normalized spacial score (nSPS) is 12.2. The number of para-hydroxylation sites is 1. The molecule has 3 nitrogen and oxygen atoms in total. The summed E-state index contributed by atoms with van der Waals surface area (Å²) in [6.45, 7) is 5.03. The second kappa shape index (κ2) is 8.16. The van der Waals surface area contributed by atoms with Gasteiger partial charge in [0, 0.05) is 5.75 Å². The quantitative estimate of drug-likeness (QED) is 0.581. The maximum Gasteiger partial charge on any atom is 0.163 e. The van der Waals surface area contributed by atoms with Crippen LogP contribution in [0.3, 0.4) is 0 Å². The summed E-state index contributed by atoms with van der Waals surface area (Å²) in [5.41, 5.74) is 6.20. The van der Waals surface area contributed by atoms with Crippen LogP contribution in [0.5, 0.6) is 5.75 Å². The van der Waals surface area contributed by atoms with Crippen LogP contribution in [0.4, 0.5) is 0 Å². The molecule has 0 aliphatic heterocycles. The third-order valence-corrected chi connectivity index (χ3v) is 3.82. The summed E-state index contributed by atoms with van der Waals surface area (Å²) in [5, 5.41) is 0. The molecule has 0 saturated carbocycles. The smallest absolute Gasteiger partial charge is 0.163 e. The van der Waals surface area contributed by atoms with E-state index in [0.717, 1.165) is 18.1 Å². The zero-order valence-electron chi connectivity index (χ0n) is 11.0. The van der Waals surface area contributed by atoms with Crippen molar-refractivity contribution in [3.8, 4) is 5.75 Å². The van der Waals surface area contributed by atoms with E-state index in [0.29, 0.717) is 23.8 Å². The van der Waals surface area contributed by atoms with Crippen LogP contribution < -0.4 is 10.5 Å². The summed E-state index contributed by atoms with van der Waals surface area (Å²) < 4.78 is 5.64. The molecule has 2 N–H and O–H groups in total. The lowest BCUT2D eigenvalue weighted by atomic mass is 10.1. The molecule has 1 aromatic rings. The van der Waals surface area contributed by atoms with E-state index in [9.17, 15) is 4.79 Å². The van der Waals surface area contributed by atoms with Crippen LogP contribution in [0.25, 0.3) is 0 Å². The highest BCUT2D eigenvalue weighted by molar-refractivity contribution is 7.99. The zero-order valence-corrected chi connectivity index (χ0v) is 11.8. The van der Waals surface area contributed by atoms with Gasteiger partial charge in [0.1, 0.15) is 5.75 Å². The van der Waals surface area contributed by atoms with Crippen molar-refractivity contribution in [2.45, 2.75) is 13.8 Å². The number of carbonyl (C=O) groups excluding carboxylic acids is 1. The number of ether oxygens (including phenoxy) is 1. The first kappa shape index (κ1) is 15.1. The highest BCUT2D eigenvalue weighted by Crippen LogP contribution is 2.18. The van der Waals surface area contributed by atoms with Crippen molar-refractivity contribution in [1.29, 1.82) is 0 Å². The van der Waals surface area contributed by atoms with Gasteiger partial charge in [-0.05, 0) is 37.3 Å².